The third kappa shape index (κ3) is 5.09. The number of benzene rings is 1. The van der Waals surface area contributed by atoms with Crippen LogP contribution in [0, 0.1) is 0 Å². The summed E-state index contributed by atoms with van der Waals surface area (Å²) in [6.07, 6.45) is 6.98. The standard InChI is InChI=1S/C23H24N4OS.2ClH/c28-23(20-14-19-15-25-21-8-5-9-22(29-20)27(19)21)24-11-3-4-12-26-13-10-17-6-1-2-7-18(17)16-26;;/h1-2,5-9,14-15H,3-4,10-13,16H2,(H,24,28);2*1H. The Morgan fingerprint density at radius 1 is 1.06 bits per heavy atom. The number of pyridine rings is 1. The molecular formula is C23H26Cl2N4OS. The molecule has 1 aromatic carbocycles. The highest BCUT2D eigenvalue weighted by atomic mass is 35.5. The monoisotopic (exact) mass is 476 g/mol. The average molecular weight is 477 g/mol. The van der Waals surface area contributed by atoms with Crippen molar-refractivity contribution >= 4 is 54.2 Å². The van der Waals surface area contributed by atoms with Gasteiger partial charge in [0.1, 0.15) is 5.65 Å². The van der Waals surface area contributed by atoms with Crippen LogP contribution in [-0.4, -0.2) is 39.8 Å². The van der Waals surface area contributed by atoms with E-state index in [4.69, 9.17) is 0 Å². The fourth-order valence-corrected chi connectivity index (χ4v) is 5.10. The highest BCUT2D eigenvalue weighted by Gasteiger charge is 2.20. The molecule has 3 aromatic rings. The summed E-state index contributed by atoms with van der Waals surface area (Å²) in [5.41, 5.74) is 4.83. The lowest BCUT2D eigenvalue weighted by molar-refractivity contribution is -0.116. The topological polar surface area (TPSA) is 49.6 Å². The second kappa shape index (κ2) is 10.6. The van der Waals surface area contributed by atoms with Gasteiger partial charge < -0.3 is 5.32 Å². The van der Waals surface area contributed by atoms with Gasteiger partial charge in [-0.1, -0.05) is 42.1 Å². The van der Waals surface area contributed by atoms with Gasteiger partial charge in [0.2, 0.25) is 0 Å². The summed E-state index contributed by atoms with van der Waals surface area (Å²) >= 11 is 1.51. The number of imidazole rings is 1. The van der Waals surface area contributed by atoms with Crippen LogP contribution >= 0.6 is 36.6 Å². The van der Waals surface area contributed by atoms with E-state index in [1.54, 1.807) is 0 Å². The van der Waals surface area contributed by atoms with Gasteiger partial charge in [-0.15, -0.1) is 24.8 Å². The number of aromatic nitrogens is 2. The second-order valence-electron chi connectivity index (χ2n) is 7.61. The van der Waals surface area contributed by atoms with E-state index in [-0.39, 0.29) is 30.7 Å². The van der Waals surface area contributed by atoms with Gasteiger partial charge >= 0.3 is 0 Å². The zero-order valence-electron chi connectivity index (χ0n) is 17.1. The number of nitrogens with one attached hydrogen (secondary N) is 1. The maximum atomic E-state index is 12.6. The lowest BCUT2D eigenvalue weighted by Crippen LogP contribution is -2.32. The first-order valence-electron chi connectivity index (χ1n) is 10.2. The Kier molecular flexibility index (Phi) is 8.06. The molecule has 1 amide bonds. The van der Waals surface area contributed by atoms with Gasteiger partial charge in [0, 0.05) is 19.6 Å². The van der Waals surface area contributed by atoms with Crippen molar-refractivity contribution in [3.05, 3.63) is 70.4 Å². The number of hydrogen-bond donors (Lipinski definition) is 1. The Morgan fingerprint density at radius 2 is 1.90 bits per heavy atom. The Hall–Kier alpha value is -1.99. The predicted molar refractivity (Wildman–Crippen MR) is 131 cm³/mol. The SMILES string of the molecule is Cl.Cl.O=C(NCCCCN1CCc2ccccc2C1)C1=Cc2cnc3cccc(n23)S1. The molecule has 2 aliphatic rings. The first kappa shape index (κ1) is 23.7. The van der Waals surface area contributed by atoms with Crippen LogP contribution < -0.4 is 5.32 Å². The van der Waals surface area contributed by atoms with E-state index in [0.29, 0.717) is 6.54 Å². The van der Waals surface area contributed by atoms with E-state index in [1.165, 1.54) is 22.9 Å². The summed E-state index contributed by atoms with van der Waals surface area (Å²) in [4.78, 5) is 20.3. The van der Waals surface area contributed by atoms with Crippen molar-refractivity contribution in [2.75, 3.05) is 19.6 Å². The Labute approximate surface area is 199 Å². The number of unbranched alkanes of at least 4 members (excludes halogenated alkanes) is 1. The number of thioether (sulfide) groups is 1. The molecule has 0 unspecified atom stereocenters. The third-order valence-electron chi connectivity index (χ3n) is 5.63. The van der Waals surface area contributed by atoms with Crippen LogP contribution in [0.1, 0.15) is 29.7 Å². The summed E-state index contributed by atoms with van der Waals surface area (Å²) in [7, 11) is 0. The van der Waals surface area contributed by atoms with Crippen molar-refractivity contribution < 1.29 is 4.79 Å². The summed E-state index contributed by atoms with van der Waals surface area (Å²) in [5.74, 6) is 0.00588. The number of halogens is 2. The van der Waals surface area contributed by atoms with E-state index in [0.717, 1.165) is 60.2 Å². The number of hydrogen-bond acceptors (Lipinski definition) is 4. The van der Waals surface area contributed by atoms with Gasteiger partial charge in [0.15, 0.2) is 0 Å². The van der Waals surface area contributed by atoms with Crippen molar-refractivity contribution in [1.29, 1.82) is 0 Å². The lowest BCUT2D eigenvalue weighted by Gasteiger charge is -2.28. The van der Waals surface area contributed by atoms with E-state index < -0.39 is 0 Å². The zero-order chi connectivity index (χ0) is 19.6. The molecule has 0 aliphatic carbocycles. The molecule has 8 heteroatoms. The van der Waals surface area contributed by atoms with Crippen LogP contribution in [0.4, 0.5) is 0 Å². The predicted octanol–water partition coefficient (Wildman–Crippen LogP) is 4.58. The number of carbonyl (C=O) groups excluding carboxylic acids is 1. The van der Waals surface area contributed by atoms with Crippen LogP contribution in [0.25, 0.3) is 11.7 Å². The van der Waals surface area contributed by atoms with Crippen molar-refractivity contribution in [3.63, 3.8) is 0 Å². The minimum absolute atomic E-state index is 0. The summed E-state index contributed by atoms with van der Waals surface area (Å²) < 4.78 is 2.08. The molecule has 0 atom stereocenters. The fraction of sp³-hybridized carbons (Fsp3) is 0.304. The Balaban J connectivity index is 0.00000136. The quantitative estimate of drug-likeness (QED) is 0.528. The molecule has 31 heavy (non-hydrogen) atoms. The molecule has 0 bridgehead atoms. The Bertz CT molecular complexity index is 1100. The van der Waals surface area contributed by atoms with E-state index in [1.807, 2.05) is 30.5 Å². The molecule has 5 rings (SSSR count). The van der Waals surface area contributed by atoms with Crippen LogP contribution in [0.3, 0.4) is 0 Å². The number of fused-ring (bicyclic) bond motifs is 1. The maximum absolute atomic E-state index is 12.6. The highest BCUT2D eigenvalue weighted by molar-refractivity contribution is 8.04. The van der Waals surface area contributed by atoms with Crippen molar-refractivity contribution in [2.24, 2.45) is 0 Å². The smallest absolute Gasteiger partial charge is 0.258 e. The largest absolute Gasteiger partial charge is 0.352 e. The highest BCUT2D eigenvalue weighted by Crippen LogP contribution is 2.34. The molecule has 5 nitrogen and oxygen atoms in total. The summed E-state index contributed by atoms with van der Waals surface area (Å²) in [6.45, 7) is 3.98. The third-order valence-corrected chi connectivity index (χ3v) is 6.69. The second-order valence-corrected chi connectivity index (χ2v) is 8.67. The molecule has 2 aliphatic heterocycles. The van der Waals surface area contributed by atoms with E-state index in [9.17, 15) is 4.79 Å². The van der Waals surface area contributed by atoms with Gasteiger partial charge in [0.25, 0.3) is 5.91 Å². The minimum Gasteiger partial charge on any atom is -0.352 e. The molecule has 0 spiro atoms. The molecule has 0 radical (unpaired) electrons. The summed E-state index contributed by atoms with van der Waals surface area (Å²) in [6, 6.07) is 14.7. The normalized spacial score (nSPS) is 14.8. The van der Waals surface area contributed by atoms with Gasteiger partial charge in [-0.05, 0) is 55.1 Å². The molecule has 2 aromatic heterocycles. The van der Waals surface area contributed by atoms with Crippen LogP contribution in [-0.2, 0) is 17.8 Å². The van der Waals surface area contributed by atoms with Crippen LogP contribution in [0.2, 0.25) is 0 Å². The van der Waals surface area contributed by atoms with Gasteiger partial charge in [-0.2, -0.15) is 0 Å². The molecule has 0 saturated carbocycles. The number of nitrogens with zero attached hydrogens (tertiary/aromatic N) is 3. The Morgan fingerprint density at radius 3 is 2.77 bits per heavy atom. The van der Waals surface area contributed by atoms with Crippen LogP contribution in [0.5, 0.6) is 0 Å². The van der Waals surface area contributed by atoms with Gasteiger partial charge in [-0.3, -0.25) is 14.1 Å². The molecule has 4 heterocycles. The van der Waals surface area contributed by atoms with E-state index in [2.05, 4.69) is 43.9 Å². The van der Waals surface area contributed by atoms with Gasteiger partial charge in [-0.25, -0.2) is 4.98 Å². The zero-order valence-corrected chi connectivity index (χ0v) is 19.6. The van der Waals surface area contributed by atoms with Crippen molar-refractivity contribution in [2.45, 2.75) is 30.8 Å². The maximum Gasteiger partial charge on any atom is 0.258 e. The molecular weight excluding hydrogens is 451 g/mol. The van der Waals surface area contributed by atoms with Crippen LogP contribution in [0.15, 0.2) is 58.6 Å². The molecule has 0 fully saturated rings. The number of amides is 1. The number of rotatable bonds is 6. The first-order chi connectivity index (χ1) is 14.3. The summed E-state index contributed by atoms with van der Waals surface area (Å²) in [5, 5.41) is 4.12. The van der Waals surface area contributed by atoms with E-state index >= 15 is 0 Å². The van der Waals surface area contributed by atoms with Crippen molar-refractivity contribution in [3.8, 4) is 0 Å². The first-order valence-corrected chi connectivity index (χ1v) is 11.0. The van der Waals surface area contributed by atoms with Crippen molar-refractivity contribution in [1.82, 2.24) is 19.6 Å². The number of carbonyl (C=O) groups is 1. The minimum atomic E-state index is 0. The molecule has 0 saturated heterocycles. The lowest BCUT2D eigenvalue weighted by atomic mass is 10.00. The fourth-order valence-electron chi connectivity index (χ4n) is 4.09. The molecule has 1 N–H and O–H groups in total. The molecule has 164 valence electrons. The average Bonchev–Trinajstić information content (AvgIpc) is 3.18. The van der Waals surface area contributed by atoms with Gasteiger partial charge in [0.05, 0.1) is 21.8 Å².